The Morgan fingerprint density at radius 2 is 2.12 bits per heavy atom. The lowest BCUT2D eigenvalue weighted by molar-refractivity contribution is 0.422. The maximum absolute atomic E-state index is 13.3. The molecule has 0 radical (unpaired) electrons. The molecule has 0 amide bonds. The summed E-state index contributed by atoms with van der Waals surface area (Å²) in [6.07, 6.45) is 1.49. The van der Waals surface area contributed by atoms with Crippen LogP contribution in [0.2, 0.25) is 0 Å². The van der Waals surface area contributed by atoms with E-state index in [1.807, 2.05) is 19.1 Å². The first kappa shape index (κ1) is 11.1. The first-order valence-electron chi connectivity index (χ1n) is 4.71. The van der Waals surface area contributed by atoms with Gasteiger partial charge in [0.05, 0.1) is 0 Å². The summed E-state index contributed by atoms with van der Waals surface area (Å²) in [5.41, 5.74) is 1.02. The highest BCUT2D eigenvalue weighted by molar-refractivity contribution is 9.10. The molecular formula is C12H9BrFNO. The van der Waals surface area contributed by atoms with E-state index in [1.54, 1.807) is 6.07 Å². The molecule has 2 rings (SSSR count). The lowest BCUT2D eigenvalue weighted by Gasteiger charge is -2.06. The standard InChI is InChI=1S/C12H9BrFNO/c1-8-7-9(4-5-10(8)13)16-12-11(14)3-2-6-15-12/h2-7H,1H3. The highest BCUT2D eigenvalue weighted by atomic mass is 79.9. The maximum atomic E-state index is 13.3. The van der Waals surface area contributed by atoms with Crippen molar-refractivity contribution in [3.8, 4) is 11.6 Å². The fraction of sp³-hybridized carbons (Fsp3) is 0.0833. The number of ether oxygens (including phenoxy) is 1. The number of benzene rings is 1. The second kappa shape index (κ2) is 4.61. The number of nitrogens with zero attached hydrogens (tertiary/aromatic N) is 1. The number of aryl methyl sites for hydroxylation is 1. The minimum atomic E-state index is -0.469. The third-order valence-corrected chi connectivity index (χ3v) is 2.96. The average molecular weight is 282 g/mol. The lowest BCUT2D eigenvalue weighted by Crippen LogP contribution is -1.91. The number of aromatic nitrogens is 1. The van der Waals surface area contributed by atoms with Gasteiger partial charge in [-0.15, -0.1) is 0 Å². The van der Waals surface area contributed by atoms with Gasteiger partial charge in [-0.05, 0) is 42.8 Å². The molecule has 2 aromatic rings. The van der Waals surface area contributed by atoms with Crippen LogP contribution in [0.1, 0.15) is 5.56 Å². The molecule has 16 heavy (non-hydrogen) atoms. The molecule has 0 spiro atoms. The van der Waals surface area contributed by atoms with Gasteiger partial charge >= 0.3 is 0 Å². The predicted octanol–water partition coefficient (Wildman–Crippen LogP) is 4.08. The van der Waals surface area contributed by atoms with Crippen LogP contribution in [0.15, 0.2) is 41.0 Å². The fourth-order valence-corrected chi connectivity index (χ4v) is 1.49. The Kier molecular flexibility index (Phi) is 3.19. The largest absolute Gasteiger partial charge is 0.436 e. The fourth-order valence-electron chi connectivity index (χ4n) is 1.24. The van der Waals surface area contributed by atoms with Gasteiger partial charge in [-0.2, -0.15) is 0 Å². The van der Waals surface area contributed by atoms with Crippen molar-refractivity contribution in [2.75, 3.05) is 0 Å². The van der Waals surface area contributed by atoms with Crippen LogP contribution in [0.4, 0.5) is 4.39 Å². The zero-order valence-corrected chi connectivity index (χ0v) is 10.2. The summed E-state index contributed by atoms with van der Waals surface area (Å²) >= 11 is 3.38. The molecule has 0 aliphatic carbocycles. The Morgan fingerprint density at radius 1 is 1.31 bits per heavy atom. The lowest BCUT2D eigenvalue weighted by atomic mass is 10.2. The van der Waals surface area contributed by atoms with Crippen LogP contribution in [0, 0.1) is 12.7 Å². The Balaban J connectivity index is 2.28. The number of rotatable bonds is 2. The van der Waals surface area contributed by atoms with E-state index in [2.05, 4.69) is 20.9 Å². The van der Waals surface area contributed by atoms with Gasteiger partial charge < -0.3 is 4.74 Å². The molecule has 82 valence electrons. The Hall–Kier alpha value is -1.42. The van der Waals surface area contributed by atoms with E-state index < -0.39 is 5.82 Å². The van der Waals surface area contributed by atoms with E-state index >= 15 is 0 Å². The highest BCUT2D eigenvalue weighted by Crippen LogP contribution is 2.26. The van der Waals surface area contributed by atoms with Crippen LogP contribution < -0.4 is 4.74 Å². The minimum absolute atomic E-state index is 0.00998. The molecule has 0 N–H and O–H groups in total. The minimum Gasteiger partial charge on any atom is -0.436 e. The van der Waals surface area contributed by atoms with Gasteiger partial charge in [-0.25, -0.2) is 9.37 Å². The third-order valence-electron chi connectivity index (χ3n) is 2.07. The average Bonchev–Trinajstić information content (AvgIpc) is 2.27. The molecule has 1 aromatic carbocycles. The maximum Gasteiger partial charge on any atom is 0.255 e. The summed E-state index contributed by atoms with van der Waals surface area (Å²) in [6.45, 7) is 1.94. The molecule has 0 atom stereocenters. The first-order valence-corrected chi connectivity index (χ1v) is 5.50. The van der Waals surface area contributed by atoms with E-state index in [4.69, 9.17) is 4.74 Å². The zero-order chi connectivity index (χ0) is 11.5. The quantitative estimate of drug-likeness (QED) is 0.827. The highest BCUT2D eigenvalue weighted by Gasteiger charge is 2.05. The molecule has 0 saturated carbocycles. The molecule has 0 saturated heterocycles. The molecule has 0 aliphatic rings. The summed E-state index contributed by atoms with van der Waals surface area (Å²) in [5, 5.41) is 0. The third kappa shape index (κ3) is 2.39. The van der Waals surface area contributed by atoms with Crippen molar-refractivity contribution in [1.29, 1.82) is 0 Å². The van der Waals surface area contributed by atoms with Gasteiger partial charge in [0.2, 0.25) is 0 Å². The Bertz CT molecular complexity index is 516. The summed E-state index contributed by atoms with van der Waals surface area (Å²) in [7, 11) is 0. The predicted molar refractivity (Wildman–Crippen MR) is 63.1 cm³/mol. The van der Waals surface area contributed by atoms with Gasteiger partial charge in [0.15, 0.2) is 5.82 Å². The normalized spacial score (nSPS) is 10.2. The summed E-state index contributed by atoms with van der Waals surface area (Å²) < 4.78 is 19.6. The number of hydrogen-bond donors (Lipinski definition) is 0. The van der Waals surface area contributed by atoms with E-state index in [0.29, 0.717) is 5.75 Å². The summed E-state index contributed by atoms with van der Waals surface area (Å²) in [5.74, 6) is 0.0885. The van der Waals surface area contributed by atoms with Crippen molar-refractivity contribution >= 4 is 15.9 Å². The monoisotopic (exact) mass is 281 g/mol. The van der Waals surface area contributed by atoms with Crippen LogP contribution >= 0.6 is 15.9 Å². The zero-order valence-electron chi connectivity index (χ0n) is 8.58. The Labute approximate surface area is 101 Å². The number of hydrogen-bond acceptors (Lipinski definition) is 2. The van der Waals surface area contributed by atoms with Crippen LogP contribution in [0.5, 0.6) is 11.6 Å². The van der Waals surface area contributed by atoms with Crippen LogP contribution in [0.25, 0.3) is 0 Å². The van der Waals surface area contributed by atoms with Gasteiger partial charge in [0.25, 0.3) is 5.88 Å². The first-order chi connectivity index (χ1) is 7.66. The van der Waals surface area contributed by atoms with Crippen molar-refractivity contribution < 1.29 is 9.13 Å². The SMILES string of the molecule is Cc1cc(Oc2ncccc2F)ccc1Br. The summed E-state index contributed by atoms with van der Waals surface area (Å²) in [6, 6.07) is 8.26. The summed E-state index contributed by atoms with van der Waals surface area (Å²) in [4.78, 5) is 3.82. The smallest absolute Gasteiger partial charge is 0.255 e. The van der Waals surface area contributed by atoms with Crippen molar-refractivity contribution in [2.24, 2.45) is 0 Å². The number of halogens is 2. The van der Waals surface area contributed by atoms with Gasteiger partial charge in [0.1, 0.15) is 5.75 Å². The van der Waals surface area contributed by atoms with Crippen molar-refractivity contribution in [2.45, 2.75) is 6.92 Å². The molecule has 0 bridgehead atoms. The molecule has 4 heteroatoms. The van der Waals surface area contributed by atoms with Gasteiger partial charge in [-0.1, -0.05) is 15.9 Å². The topological polar surface area (TPSA) is 22.1 Å². The second-order valence-corrected chi connectivity index (χ2v) is 4.16. The molecule has 1 heterocycles. The van der Waals surface area contributed by atoms with E-state index in [-0.39, 0.29) is 5.88 Å². The van der Waals surface area contributed by atoms with Crippen LogP contribution in [-0.2, 0) is 0 Å². The molecule has 0 unspecified atom stereocenters. The van der Waals surface area contributed by atoms with Gasteiger partial charge in [0, 0.05) is 10.7 Å². The van der Waals surface area contributed by atoms with E-state index in [1.165, 1.54) is 18.3 Å². The Morgan fingerprint density at radius 3 is 2.81 bits per heavy atom. The van der Waals surface area contributed by atoms with Gasteiger partial charge in [-0.3, -0.25) is 0 Å². The molecule has 2 nitrogen and oxygen atoms in total. The van der Waals surface area contributed by atoms with Crippen LogP contribution in [0.3, 0.4) is 0 Å². The molecule has 1 aromatic heterocycles. The second-order valence-electron chi connectivity index (χ2n) is 3.30. The molecular weight excluding hydrogens is 273 g/mol. The van der Waals surface area contributed by atoms with Crippen molar-refractivity contribution in [3.63, 3.8) is 0 Å². The van der Waals surface area contributed by atoms with E-state index in [0.717, 1.165) is 10.0 Å². The van der Waals surface area contributed by atoms with Crippen molar-refractivity contribution in [3.05, 3.63) is 52.4 Å². The van der Waals surface area contributed by atoms with Crippen molar-refractivity contribution in [1.82, 2.24) is 4.98 Å². The van der Waals surface area contributed by atoms with Crippen LogP contribution in [-0.4, -0.2) is 4.98 Å². The number of pyridine rings is 1. The molecule has 0 aliphatic heterocycles. The molecule has 0 fully saturated rings. The van der Waals surface area contributed by atoms with E-state index in [9.17, 15) is 4.39 Å².